The van der Waals surface area contributed by atoms with Gasteiger partial charge >= 0.3 is 0 Å². The summed E-state index contributed by atoms with van der Waals surface area (Å²) >= 11 is 0. The molecule has 0 fully saturated rings. The summed E-state index contributed by atoms with van der Waals surface area (Å²) in [5.74, 6) is -1.04. The van der Waals surface area contributed by atoms with Crippen LogP contribution in [0.25, 0.3) is 0 Å². The van der Waals surface area contributed by atoms with Crippen molar-refractivity contribution >= 4 is 27.2 Å². The van der Waals surface area contributed by atoms with Gasteiger partial charge in [-0.1, -0.05) is 0 Å². The molecule has 1 aromatic rings. The maximum Gasteiger partial charge on any atom is 0.231 e. The minimum atomic E-state index is -3.49. The molecule has 0 saturated heterocycles. The Morgan fingerprint density at radius 3 is 2.26 bits per heavy atom. The van der Waals surface area contributed by atoms with Crippen molar-refractivity contribution < 1.29 is 23.1 Å². The second kappa shape index (κ2) is 6.44. The Hall–Kier alpha value is -1.73. The van der Waals surface area contributed by atoms with Crippen molar-refractivity contribution in [2.45, 2.75) is 18.2 Å². The fourth-order valence-corrected chi connectivity index (χ4v) is 2.44. The van der Waals surface area contributed by atoms with Gasteiger partial charge in [0.1, 0.15) is 5.78 Å². The van der Waals surface area contributed by atoms with Gasteiger partial charge in [-0.2, -0.15) is 0 Å². The number of anilines is 1. The average molecular weight is 285 g/mol. The van der Waals surface area contributed by atoms with Crippen LogP contribution in [0.15, 0.2) is 29.2 Å². The Labute approximate surface area is 111 Å². The average Bonchev–Trinajstić information content (AvgIpc) is 2.28. The van der Waals surface area contributed by atoms with Crippen LogP contribution in [0, 0.1) is 0 Å². The standard InChI is InChI=1S/C12H15NO5S/c1-9(15)8-12(16)13-10-2-4-11(5-3-10)19(17,18)7-6-14/h2-5,14H,6-8H2,1H3,(H,13,16). The number of aliphatic hydroxyl groups excluding tert-OH is 1. The molecular formula is C12H15NO5S. The Kier molecular flexibility index (Phi) is 5.20. The number of benzene rings is 1. The number of sulfone groups is 1. The molecule has 7 heteroatoms. The highest BCUT2D eigenvalue weighted by molar-refractivity contribution is 7.91. The fourth-order valence-electron chi connectivity index (χ4n) is 1.41. The summed E-state index contributed by atoms with van der Waals surface area (Å²) < 4.78 is 23.2. The first-order valence-corrected chi connectivity index (χ1v) is 7.23. The summed E-state index contributed by atoms with van der Waals surface area (Å²) in [4.78, 5) is 22.1. The van der Waals surface area contributed by atoms with Crippen molar-refractivity contribution in [2.24, 2.45) is 0 Å². The molecule has 1 aromatic carbocycles. The normalized spacial score (nSPS) is 11.1. The number of carbonyl (C=O) groups excluding carboxylic acids is 2. The van der Waals surface area contributed by atoms with Crippen molar-refractivity contribution in [3.8, 4) is 0 Å². The van der Waals surface area contributed by atoms with Crippen LogP contribution in [0.5, 0.6) is 0 Å². The molecule has 1 rings (SSSR count). The zero-order valence-electron chi connectivity index (χ0n) is 10.4. The number of hydrogen-bond acceptors (Lipinski definition) is 5. The molecule has 0 aliphatic rings. The monoisotopic (exact) mass is 285 g/mol. The predicted molar refractivity (Wildman–Crippen MR) is 69.5 cm³/mol. The van der Waals surface area contributed by atoms with E-state index in [1.54, 1.807) is 0 Å². The van der Waals surface area contributed by atoms with E-state index in [-0.39, 0.29) is 22.9 Å². The van der Waals surface area contributed by atoms with Crippen LogP contribution in [0.2, 0.25) is 0 Å². The van der Waals surface area contributed by atoms with Gasteiger partial charge < -0.3 is 10.4 Å². The molecule has 104 valence electrons. The lowest BCUT2D eigenvalue weighted by Gasteiger charge is -2.06. The first-order valence-electron chi connectivity index (χ1n) is 5.58. The topological polar surface area (TPSA) is 101 Å². The van der Waals surface area contributed by atoms with Crippen LogP contribution >= 0.6 is 0 Å². The first kappa shape index (κ1) is 15.3. The van der Waals surface area contributed by atoms with Crippen molar-refractivity contribution in [3.05, 3.63) is 24.3 Å². The van der Waals surface area contributed by atoms with E-state index in [0.29, 0.717) is 5.69 Å². The summed E-state index contributed by atoms with van der Waals surface area (Å²) in [6.45, 7) is 0.865. The molecule has 6 nitrogen and oxygen atoms in total. The van der Waals surface area contributed by atoms with E-state index in [1.807, 2.05) is 0 Å². The van der Waals surface area contributed by atoms with E-state index in [2.05, 4.69) is 5.32 Å². The van der Waals surface area contributed by atoms with E-state index in [0.717, 1.165) is 0 Å². The molecule has 0 unspecified atom stereocenters. The summed E-state index contributed by atoms with van der Waals surface area (Å²) in [6.07, 6.45) is -0.218. The van der Waals surface area contributed by atoms with Gasteiger partial charge in [-0.15, -0.1) is 0 Å². The summed E-state index contributed by atoms with van der Waals surface area (Å²) in [6, 6.07) is 5.55. The van der Waals surface area contributed by atoms with Crippen molar-refractivity contribution in [1.82, 2.24) is 0 Å². The first-order chi connectivity index (χ1) is 8.85. The number of hydrogen-bond donors (Lipinski definition) is 2. The third-order valence-electron chi connectivity index (χ3n) is 2.27. The molecule has 0 aromatic heterocycles. The molecule has 0 spiro atoms. The zero-order valence-corrected chi connectivity index (χ0v) is 11.2. The number of Topliss-reactive ketones (excluding diaryl/α,β-unsaturated/α-hetero) is 1. The van der Waals surface area contributed by atoms with Gasteiger partial charge in [0.05, 0.1) is 23.7 Å². The van der Waals surface area contributed by atoms with Gasteiger partial charge in [-0.05, 0) is 31.2 Å². The lowest BCUT2D eigenvalue weighted by molar-refractivity contribution is -0.124. The van der Waals surface area contributed by atoms with Gasteiger partial charge in [-0.25, -0.2) is 8.42 Å². The molecule has 0 atom stereocenters. The fraction of sp³-hybridized carbons (Fsp3) is 0.333. The number of rotatable bonds is 6. The van der Waals surface area contributed by atoms with Crippen LogP contribution in [-0.4, -0.2) is 37.6 Å². The highest BCUT2D eigenvalue weighted by Crippen LogP contribution is 2.15. The largest absolute Gasteiger partial charge is 0.395 e. The summed E-state index contributed by atoms with van der Waals surface area (Å²) in [5, 5.41) is 11.1. The Morgan fingerprint density at radius 1 is 1.21 bits per heavy atom. The quantitative estimate of drug-likeness (QED) is 0.735. The van der Waals surface area contributed by atoms with Gasteiger partial charge in [0, 0.05) is 5.69 Å². The van der Waals surface area contributed by atoms with Crippen LogP contribution < -0.4 is 5.32 Å². The van der Waals surface area contributed by atoms with E-state index >= 15 is 0 Å². The van der Waals surface area contributed by atoms with E-state index in [4.69, 9.17) is 5.11 Å². The van der Waals surface area contributed by atoms with Gasteiger partial charge in [0.2, 0.25) is 5.91 Å². The molecule has 0 saturated carbocycles. The molecule has 1 amide bonds. The molecule has 2 N–H and O–H groups in total. The molecular weight excluding hydrogens is 270 g/mol. The molecule has 19 heavy (non-hydrogen) atoms. The SMILES string of the molecule is CC(=O)CC(=O)Nc1ccc(S(=O)(=O)CCO)cc1. The Morgan fingerprint density at radius 2 is 1.79 bits per heavy atom. The molecule has 0 aliphatic heterocycles. The van der Waals surface area contributed by atoms with Crippen molar-refractivity contribution in [2.75, 3.05) is 17.7 Å². The number of carbonyl (C=O) groups is 2. The van der Waals surface area contributed by atoms with Crippen molar-refractivity contribution in [1.29, 1.82) is 0 Å². The molecule has 0 bridgehead atoms. The summed E-state index contributed by atoms with van der Waals surface area (Å²) in [7, 11) is -3.49. The van der Waals surface area contributed by atoms with E-state index in [9.17, 15) is 18.0 Å². The van der Waals surface area contributed by atoms with Gasteiger partial charge in [-0.3, -0.25) is 9.59 Å². The van der Waals surface area contributed by atoms with Crippen LogP contribution in [-0.2, 0) is 19.4 Å². The molecule has 0 heterocycles. The zero-order chi connectivity index (χ0) is 14.5. The molecule has 0 aliphatic carbocycles. The van der Waals surface area contributed by atoms with Crippen molar-refractivity contribution in [3.63, 3.8) is 0 Å². The second-order valence-corrected chi connectivity index (χ2v) is 6.10. The lowest BCUT2D eigenvalue weighted by atomic mass is 10.2. The molecule has 0 radical (unpaired) electrons. The third kappa shape index (κ3) is 4.80. The van der Waals surface area contributed by atoms with E-state index in [1.165, 1.54) is 31.2 Å². The minimum absolute atomic E-state index is 0.0751. The Bertz CT molecular complexity index is 562. The maximum atomic E-state index is 11.6. The van der Waals surface area contributed by atoms with Gasteiger partial charge in [0.15, 0.2) is 9.84 Å². The van der Waals surface area contributed by atoms with Crippen LogP contribution in [0.4, 0.5) is 5.69 Å². The highest BCUT2D eigenvalue weighted by Gasteiger charge is 2.13. The summed E-state index contributed by atoms with van der Waals surface area (Å²) in [5.41, 5.74) is 0.411. The smallest absolute Gasteiger partial charge is 0.231 e. The third-order valence-corrected chi connectivity index (χ3v) is 3.98. The van der Waals surface area contributed by atoms with E-state index < -0.39 is 22.4 Å². The van der Waals surface area contributed by atoms with Crippen LogP contribution in [0.3, 0.4) is 0 Å². The maximum absolute atomic E-state index is 11.6. The second-order valence-electron chi connectivity index (χ2n) is 3.99. The number of ketones is 1. The lowest BCUT2D eigenvalue weighted by Crippen LogP contribution is -2.15. The van der Waals surface area contributed by atoms with Gasteiger partial charge in [0.25, 0.3) is 0 Å². The predicted octanol–water partition coefficient (Wildman–Crippen LogP) is 0.370. The Balaban J connectivity index is 2.77. The number of aliphatic hydroxyl groups is 1. The number of amides is 1. The number of nitrogens with one attached hydrogen (secondary N) is 1. The highest BCUT2D eigenvalue weighted by atomic mass is 32.2. The van der Waals surface area contributed by atoms with Crippen LogP contribution in [0.1, 0.15) is 13.3 Å². The minimum Gasteiger partial charge on any atom is -0.395 e.